The quantitative estimate of drug-likeness (QED) is 0.844. The average molecular weight is 342 g/mol. The maximum atomic E-state index is 5.69. The van der Waals surface area contributed by atoms with Gasteiger partial charge in [-0.05, 0) is 38.1 Å². The molecule has 1 heterocycles. The van der Waals surface area contributed by atoms with Gasteiger partial charge in [-0.2, -0.15) is 4.98 Å². The molecule has 0 amide bonds. The van der Waals surface area contributed by atoms with Gasteiger partial charge in [-0.1, -0.05) is 21.1 Å². The van der Waals surface area contributed by atoms with Crippen molar-refractivity contribution >= 4 is 27.7 Å². The van der Waals surface area contributed by atoms with E-state index in [0.717, 1.165) is 4.47 Å². The molecule has 102 valence electrons. The third kappa shape index (κ3) is 3.81. The molecule has 0 aliphatic carbocycles. The number of halogens is 1. The van der Waals surface area contributed by atoms with Gasteiger partial charge in [0.2, 0.25) is 5.89 Å². The fraction of sp³-hybridized carbons (Fsp3) is 0.385. The minimum atomic E-state index is -0.270. The number of hydrogen-bond donors (Lipinski definition) is 1. The zero-order chi connectivity index (χ0) is 13.9. The van der Waals surface area contributed by atoms with Gasteiger partial charge in [-0.25, -0.2) is 0 Å². The zero-order valence-electron chi connectivity index (χ0n) is 10.9. The molecule has 4 nitrogen and oxygen atoms in total. The third-order valence-corrected chi connectivity index (χ3v) is 4.28. The van der Waals surface area contributed by atoms with E-state index in [0.29, 0.717) is 24.0 Å². The van der Waals surface area contributed by atoms with E-state index >= 15 is 0 Å². The summed E-state index contributed by atoms with van der Waals surface area (Å²) in [7, 11) is 0. The Labute approximate surface area is 125 Å². The molecule has 2 aromatic rings. The molecule has 0 aliphatic heterocycles. The normalized spacial score (nSPS) is 11.8. The smallest absolute Gasteiger partial charge is 0.233 e. The van der Waals surface area contributed by atoms with Gasteiger partial charge in [0.1, 0.15) is 0 Å². The Morgan fingerprint density at radius 1 is 1.32 bits per heavy atom. The summed E-state index contributed by atoms with van der Waals surface area (Å²) in [4.78, 5) is 5.57. The van der Waals surface area contributed by atoms with Crippen LogP contribution in [0.25, 0.3) is 0 Å². The molecule has 1 aromatic heterocycles. The molecule has 2 N–H and O–H groups in total. The highest BCUT2D eigenvalue weighted by molar-refractivity contribution is 9.10. The topological polar surface area (TPSA) is 64.9 Å². The number of nitrogens with zero attached hydrogens (tertiary/aromatic N) is 2. The van der Waals surface area contributed by atoms with E-state index in [1.165, 1.54) is 4.90 Å². The Hall–Kier alpha value is -0.850. The first-order chi connectivity index (χ1) is 9.01. The van der Waals surface area contributed by atoms with Crippen molar-refractivity contribution in [2.75, 3.05) is 6.54 Å². The maximum Gasteiger partial charge on any atom is 0.233 e. The van der Waals surface area contributed by atoms with Gasteiger partial charge in [-0.15, -0.1) is 11.8 Å². The summed E-state index contributed by atoms with van der Waals surface area (Å²) in [5.41, 5.74) is 5.42. The molecule has 0 saturated carbocycles. The molecule has 0 spiro atoms. The summed E-state index contributed by atoms with van der Waals surface area (Å²) in [6.45, 7) is 4.47. The average Bonchev–Trinajstić information content (AvgIpc) is 2.88. The fourth-order valence-electron chi connectivity index (χ4n) is 1.35. The van der Waals surface area contributed by atoms with Crippen molar-refractivity contribution in [2.45, 2.75) is 29.9 Å². The molecular formula is C13H16BrN3OS. The van der Waals surface area contributed by atoms with Crippen molar-refractivity contribution in [1.29, 1.82) is 0 Å². The lowest BCUT2D eigenvalue weighted by atomic mass is 9.94. The first-order valence-corrected chi connectivity index (χ1v) is 7.70. The standard InChI is InChI=1S/C13H16BrN3OS/c1-13(2,8-15)12-16-11(17-18-12)7-19-10-5-3-9(14)4-6-10/h3-6H,7-8,15H2,1-2H3. The molecule has 0 radical (unpaired) electrons. The molecule has 0 aliphatic rings. The number of nitrogens with two attached hydrogens (primary N) is 1. The van der Waals surface area contributed by atoms with Crippen LogP contribution in [0.4, 0.5) is 0 Å². The van der Waals surface area contributed by atoms with Crippen LogP contribution in [0.5, 0.6) is 0 Å². The third-order valence-electron chi connectivity index (χ3n) is 2.74. The Morgan fingerprint density at radius 3 is 2.63 bits per heavy atom. The lowest BCUT2D eigenvalue weighted by Crippen LogP contribution is -2.28. The van der Waals surface area contributed by atoms with Gasteiger partial charge >= 0.3 is 0 Å². The van der Waals surface area contributed by atoms with E-state index in [4.69, 9.17) is 10.3 Å². The van der Waals surface area contributed by atoms with Crippen LogP contribution in [-0.4, -0.2) is 16.7 Å². The van der Waals surface area contributed by atoms with Gasteiger partial charge in [0.05, 0.1) is 11.2 Å². The van der Waals surface area contributed by atoms with E-state index in [9.17, 15) is 0 Å². The van der Waals surface area contributed by atoms with Crippen LogP contribution in [-0.2, 0) is 11.2 Å². The van der Waals surface area contributed by atoms with E-state index in [2.05, 4.69) is 38.2 Å². The highest BCUT2D eigenvalue weighted by Gasteiger charge is 2.25. The largest absolute Gasteiger partial charge is 0.339 e. The SMILES string of the molecule is CC(C)(CN)c1nc(CSc2ccc(Br)cc2)no1. The Kier molecular flexibility index (Phi) is 4.65. The molecule has 19 heavy (non-hydrogen) atoms. The molecule has 0 atom stereocenters. The highest BCUT2D eigenvalue weighted by atomic mass is 79.9. The molecule has 1 aromatic carbocycles. The highest BCUT2D eigenvalue weighted by Crippen LogP contribution is 2.25. The molecule has 2 rings (SSSR count). The number of benzene rings is 1. The Bertz CT molecular complexity index is 539. The second-order valence-corrected chi connectivity index (χ2v) is 6.81. The first-order valence-electron chi connectivity index (χ1n) is 5.93. The van der Waals surface area contributed by atoms with E-state index in [1.807, 2.05) is 26.0 Å². The van der Waals surface area contributed by atoms with Crippen molar-refractivity contribution in [3.8, 4) is 0 Å². The van der Waals surface area contributed by atoms with Crippen LogP contribution in [0, 0.1) is 0 Å². The van der Waals surface area contributed by atoms with Crippen LogP contribution in [0.2, 0.25) is 0 Å². The number of thioether (sulfide) groups is 1. The van der Waals surface area contributed by atoms with Crippen LogP contribution >= 0.6 is 27.7 Å². The lowest BCUT2D eigenvalue weighted by Gasteiger charge is -2.15. The van der Waals surface area contributed by atoms with E-state index in [-0.39, 0.29) is 5.41 Å². The van der Waals surface area contributed by atoms with Gasteiger partial charge in [0, 0.05) is 15.9 Å². The summed E-state index contributed by atoms with van der Waals surface area (Å²) in [6.07, 6.45) is 0. The van der Waals surface area contributed by atoms with Gasteiger partial charge in [0.15, 0.2) is 5.82 Å². The lowest BCUT2D eigenvalue weighted by molar-refractivity contribution is 0.309. The summed E-state index contributed by atoms with van der Waals surface area (Å²) < 4.78 is 6.34. The summed E-state index contributed by atoms with van der Waals surface area (Å²) >= 11 is 5.09. The van der Waals surface area contributed by atoms with Crippen molar-refractivity contribution in [3.63, 3.8) is 0 Å². The Morgan fingerprint density at radius 2 is 2.00 bits per heavy atom. The predicted molar refractivity (Wildman–Crippen MR) is 80.1 cm³/mol. The van der Waals surface area contributed by atoms with Gasteiger partial charge in [0.25, 0.3) is 0 Å². The monoisotopic (exact) mass is 341 g/mol. The van der Waals surface area contributed by atoms with Crippen molar-refractivity contribution < 1.29 is 4.52 Å². The minimum absolute atomic E-state index is 0.270. The fourth-order valence-corrected chi connectivity index (χ4v) is 2.36. The maximum absolute atomic E-state index is 5.69. The molecular weight excluding hydrogens is 326 g/mol. The van der Waals surface area contributed by atoms with Crippen molar-refractivity contribution in [3.05, 3.63) is 40.5 Å². The molecule has 0 unspecified atom stereocenters. The second kappa shape index (κ2) is 6.07. The molecule has 0 fully saturated rings. The number of hydrogen-bond acceptors (Lipinski definition) is 5. The second-order valence-electron chi connectivity index (χ2n) is 4.85. The number of aromatic nitrogens is 2. The molecule has 0 saturated heterocycles. The zero-order valence-corrected chi connectivity index (χ0v) is 13.3. The van der Waals surface area contributed by atoms with Gasteiger partial charge < -0.3 is 10.3 Å². The Balaban J connectivity index is 1.99. The summed E-state index contributed by atoms with van der Waals surface area (Å²) in [6, 6.07) is 8.14. The first kappa shape index (κ1) is 14.6. The van der Waals surface area contributed by atoms with Crippen LogP contribution < -0.4 is 5.73 Å². The number of rotatable bonds is 5. The van der Waals surface area contributed by atoms with Crippen molar-refractivity contribution in [2.24, 2.45) is 5.73 Å². The van der Waals surface area contributed by atoms with E-state index < -0.39 is 0 Å². The van der Waals surface area contributed by atoms with Crippen LogP contribution in [0.3, 0.4) is 0 Å². The van der Waals surface area contributed by atoms with Gasteiger partial charge in [-0.3, -0.25) is 0 Å². The predicted octanol–water partition coefficient (Wildman–Crippen LogP) is 3.36. The summed E-state index contributed by atoms with van der Waals surface area (Å²) in [5.74, 6) is 1.98. The van der Waals surface area contributed by atoms with Crippen molar-refractivity contribution in [1.82, 2.24) is 10.1 Å². The van der Waals surface area contributed by atoms with Crippen LogP contribution in [0.15, 0.2) is 38.2 Å². The van der Waals surface area contributed by atoms with E-state index in [1.54, 1.807) is 11.8 Å². The minimum Gasteiger partial charge on any atom is -0.339 e. The summed E-state index contributed by atoms with van der Waals surface area (Å²) in [5, 5.41) is 3.99. The molecule has 6 heteroatoms. The molecule has 0 bridgehead atoms. The van der Waals surface area contributed by atoms with Crippen LogP contribution in [0.1, 0.15) is 25.6 Å².